The van der Waals surface area contributed by atoms with Crippen LogP contribution in [0.5, 0.6) is 0 Å². The monoisotopic (exact) mass is 323 g/mol. The normalized spacial score (nSPS) is 34.6. The average Bonchev–Trinajstić information content (AvgIpc) is 3.24. The standard InChI is InChI=1S/C17H29N3O3/c21-14-5-3-13(4-6-14)16(22)19-11-12-9-15(18-10-12)17(23)20-7-1-2-8-20/h12-15,18,21H,1-11H2,(H,19,22)/t12-,13?,14?,15-/m0/s1. The molecule has 2 aliphatic heterocycles. The molecular weight excluding hydrogens is 294 g/mol. The Morgan fingerprint density at radius 1 is 1.13 bits per heavy atom. The zero-order valence-electron chi connectivity index (χ0n) is 13.8. The van der Waals surface area contributed by atoms with E-state index in [1.54, 1.807) is 0 Å². The van der Waals surface area contributed by atoms with Gasteiger partial charge < -0.3 is 20.6 Å². The summed E-state index contributed by atoms with van der Waals surface area (Å²) >= 11 is 0. The largest absolute Gasteiger partial charge is 0.393 e. The van der Waals surface area contributed by atoms with E-state index in [1.165, 1.54) is 0 Å². The molecule has 3 aliphatic rings. The van der Waals surface area contributed by atoms with E-state index >= 15 is 0 Å². The predicted molar refractivity (Wildman–Crippen MR) is 86.7 cm³/mol. The molecule has 0 aromatic carbocycles. The molecule has 1 saturated carbocycles. The minimum atomic E-state index is -0.226. The third-order valence-corrected chi connectivity index (χ3v) is 5.57. The maximum absolute atomic E-state index is 12.4. The van der Waals surface area contributed by atoms with Crippen LogP contribution in [-0.4, -0.2) is 60.1 Å². The van der Waals surface area contributed by atoms with Crippen molar-refractivity contribution in [1.82, 2.24) is 15.5 Å². The van der Waals surface area contributed by atoms with Gasteiger partial charge in [0.2, 0.25) is 11.8 Å². The van der Waals surface area contributed by atoms with Crippen molar-refractivity contribution in [3.63, 3.8) is 0 Å². The van der Waals surface area contributed by atoms with Crippen LogP contribution < -0.4 is 10.6 Å². The van der Waals surface area contributed by atoms with Crippen LogP contribution in [0.25, 0.3) is 0 Å². The number of carbonyl (C=O) groups excluding carboxylic acids is 2. The fourth-order valence-electron chi connectivity index (χ4n) is 4.04. The smallest absolute Gasteiger partial charge is 0.239 e. The second-order valence-corrected chi connectivity index (χ2v) is 7.35. The summed E-state index contributed by atoms with van der Waals surface area (Å²) in [6.07, 6.45) is 5.86. The molecule has 2 saturated heterocycles. The number of nitrogens with zero attached hydrogens (tertiary/aromatic N) is 1. The van der Waals surface area contributed by atoms with Gasteiger partial charge >= 0.3 is 0 Å². The number of amides is 2. The van der Waals surface area contributed by atoms with Crippen molar-refractivity contribution in [2.45, 2.75) is 57.1 Å². The molecule has 3 fully saturated rings. The molecule has 0 spiro atoms. The lowest BCUT2D eigenvalue weighted by Gasteiger charge is -2.25. The van der Waals surface area contributed by atoms with Crippen LogP contribution in [0, 0.1) is 11.8 Å². The number of hydrogen-bond donors (Lipinski definition) is 3. The maximum atomic E-state index is 12.4. The number of aliphatic hydroxyl groups excluding tert-OH is 1. The third-order valence-electron chi connectivity index (χ3n) is 5.57. The van der Waals surface area contributed by atoms with Crippen LogP contribution in [0.3, 0.4) is 0 Å². The first-order valence-electron chi connectivity index (χ1n) is 9.11. The van der Waals surface area contributed by atoms with E-state index in [0.717, 1.165) is 64.6 Å². The van der Waals surface area contributed by atoms with Crippen molar-refractivity contribution >= 4 is 11.8 Å². The molecule has 0 radical (unpaired) electrons. The molecule has 0 bridgehead atoms. The average molecular weight is 323 g/mol. The summed E-state index contributed by atoms with van der Waals surface area (Å²) in [7, 11) is 0. The molecule has 3 N–H and O–H groups in total. The Bertz CT molecular complexity index is 429. The molecule has 1 aliphatic carbocycles. The van der Waals surface area contributed by atoms with Crippen LogP contribution in [0.2, 0.25) is 0 Å². The highest BCUT2D eigenvalue weighted by Gasteiger charge is 2.33. The number of hydrogen-bond acceptors (Lipinski definition) is 4. The molecule has 3 rings (SSSR count). The van der Waals surface area contributed by atoms with Gasteiger partial charge in [0.15, 0.2) is 0 Å². The number of likely N-dealkylation sites (tertiary alicyclic amines) is 1. The summed E-state index contributed by atoms with van der Waals surface area (Å²) < 4.78 is 0. The zero-order valence-corrected chi connectivity index (χ0v) is 13.8. The van der Waals surface area contributed by atoms with E-state index in [9.17, 15) is 14.7 Å². The van der Waals surface area contributed by atoms with Gasteiger partial charge in [0.1, 0.15) is 0 Å². The topological polar surface area (TPSA) is 81.7 Å². The molecular formula is C17H29N3O3. The maximum Gasteiger partial charge on any atom is 0.239 e. The van der Waals surface area contributed by atoms with E-state index in [0.29, 0.717) is 12.5 Å². The van der Waals surface area contributed by atoms with Gasteiger partial charge in [-0.15, -0.1) is 0 Å². The van der Waals surface area contributed by atoms with Gasteiger partial charge in [-0.1, -0.05) is 0 Å². The Morgan fingerprint density at radius 2 is 1.83 bits per heavy atom. The number of aliphatic hydroxyl groups is 1. The summed E-state index contributed by atoms with van der Waals surface area (Å²) in [6.45, 7) is 3.24. The molecule has 0 unspecified atom stereocenters. The molecule has 2 atom stereocenters. The first-order valence-corrected chi connectivity index (χ1v) is 9.11. The van der Waals surface area contributed by atoms with Crippen LogP contribution in [-0.2, 0) is 9.59 Å². The van der Waals surface area contributed by atoms with Crippen molar-refractivity contribution in [3.8, 4) is 0 Å². The second-order valence-electron chi connectivity index (χ2n) is 7.35. The van der Waals surface area contributed by atoms with Gasteiger partial charge in [-0.05, 0) is 50.9 Å². The minimum Gasteiger partial charge on any atom is -0.393 e. The van der Waals surface area contributed by atoms with E-state index < -0.39 is 0 Å². The van der Waals surface area contributed by atoms with Crippen molar-refractivity contribution in [2.24, 2.45) is 11.8 Å². The molecule has 0 aromatic heterocycles. The van der Waals surface area contributed by atoms with Gasteiger partial charge in [0.05, 0.1) is 12.1 Å². The highest BCUT2D eigenvalue weighted by molar-refractivity contribution is 5.82. The van der Waals surface area contributed by atoms with Gasteiger partial charge in [0, 0.05) is 32.1 Å². The lowest BCUT2D eigenvalue weighted by Crippen LogP contribution is -2.42. The summed E-state index contributed by atoms with van der Waals surface area (Å²) in [5.41, 5.74) is 0. The quantitative estimate of drug-likeness (QED) is 0.693. The molecule has 0 aromatic rings. The van der Waals surface area contributed by atoms with Crippen molar-refractivity contribution in [2.75, 3.05) is 26.2 Å². The van der Waals surface area contributed by atoms with E-state index in [2.05, 4.69) is 10.6 Å². The van der Waals surface area contributed by atoms with Gasteiger partial charge in [0.25, 0.3) is 0 Å². The molecule has 2 heterocycles. The molecule has 6 nitrogen and oxygen atoms in total. The SMILES string of the molecule is O=C(NC[C@@H]1CN[C@H](C(=O)N2CCCC2)C1)C1CCC(O)CC1. The van der Waals surface area contributed by atoms with Crippen molar-refractivity contribution < 1.29 is 14.7 Å². The molecule has 23 heavy (non-hydrogen) atoms. The first kappa shape index (κ1) is 16.7. The van der Waals surface area contributed by atoms with Gasteiger partial charge in [-0.25, -0.2) is 0 Å². The summed E-state index contributed by atoms with van der Waals surface area (Å²) in [6, 6.07) is -0.0696. The third kappa shape index (κ3) is 4.23. The van der Waals surface area contributed by atoms with Gasteiger partial charge in [-0.2, -0.15) is 0 Å². The van der Waals surface area contributed by atoms with Crippen molar-refractivity contribution in [3.05, 3.63) is 0 Å². The number of carbonyl (C=O) groups is 2. The molecule has 130 valence electrons. The van der Waals surface area contributed by atoms with Gasteiger partial charge in [-0.3, -0.25) is 9.59 Å². The van der Waals surface area contributed by atoms with Crippen LogP contribution in [0.1, 0.15) is 44.9 Å². The Hall–Kier alpha value is -1.14. The Labute approximate surface area is 138 Å². The van der Waals surface area contributed by atoms with Crippen LogP contribution >= 0.6 is 0 Å². The number of nitrogens with one attached hydrogen (secondary N) is 2. The summed E-state index contributed by atoms with van der Waals surface area (Å²) in [4.78, 5) is 26.5. The fourth-order valence-corrected chi connectivity index (χ4v) is 4.04. The second kappa shape index (κ2) is 7.62. The highest BCUT2D eigenvalue weighted by Crippen LogP contribution is 2.24. The predicted octanol–water partition coefficient (Wildman–Crippen LogP) is 0.254. The highest BCUT2D eigenvalue weighted by atomic mass is 16.3. The molecule has 6 heteroatoms. The van der Waals surface area contributed by atoms with Crippen molar-refractivity contribution in [1.29, 1.82) is 0 Å². The first-order chi connectivity index (χ1) is 11.1. The summed E-state index contributed by atoms with van der Waals surface area (Å²) in [5, 5.41) is 15.9. The fraction of sp³-hybridized carbons (Fsp3) is 0.882. The lowest BCUT2D eigenvalue weighted by atomic mass is 9.87. The Balaban J connectivity index is 1.38. The molecule has 2 amide bonds. The number of rotatable bonds is 4. The lowest BCUT2D eigenvalue weighted by molar-refractivity contribution is -0.132. The zero-order chi connectivity index (χ0) is 16.2. The van der Waals surface area contributed by atoms with E-state index in [-0.39, 0.29) is 29.9 Å². The van der Waals surface area contributed by atoms with E-state index in [1.807, 2.05) is 4.90 Å². The van der Waals surface area contributed by atoms with Crippen LogP contribution in [0.4, 0.5) is 0 Å². The Morgan fingerprint density at radius 3 is 2.52 bits per heavy atom. The Kier molecular flexibility index (Phi) is 5.54. The minimum absolute atomic E-state index is 0.0507. The summed E-state index contributed by atoms with van der Waals surface area (Å²) in [5.74, 6) is 0.739. The van der Waals surface area contributed by atoms with Crippen LogP contribution in [0.15, 0.2) is 0 Å². The van der Waals surface area contributed by atoms with E-state index in [4.69, 9.17) is 0 Å².